The molecule has 10 nitrogen and oxygen atoms in total. The molecule has 292 valence electrons. The quantitative estimate of drug-likeness (QED) is 0.104. The summed E-state index contributed by atoms with van der Waals surface area (Å²) in [5.74, 6) is 1.36. The van der Waals surface area contributed by atoms with Gasteiger partial charge in [-0.1, -0.05) is 96.2 Å². The van der Waals surface area contributed by atoms with E-state index < -0.39 is 0 Å². The number of hydrogen-bond donors (Lipinski definition) is 1. The summed E-state index contributed by atoms with van der Waals surface area (Å²) < 4.78 is 14.3. The summed E-state index contributed by atoms with van der Waals surface area (Å²) >= 11 is 0. The second kappa shape index (κ2) is 17.3. The third kappa shape index (κ3) is 8.62. The Bertz CT molecular complexity index is 2430. The summed E-state index contributed by atoms with van der Waals surface area (Å²) in [5, 5.41) is 11.0. The van der Waals surface area contributed by atoms with E-state index in [0.717, 1.165) is 64.2 Å². The minimum Gasteiger partial charge on any atom is -0.456 e. The number of carbonyl (C=O) groups is 2. The van der Waals surface area contributed by atoms with Crippen LogP contribution < -0.4 is 10.1 Å². The second-order valence-electron chi connectivity index (χ2n) is 15.0. The van der Waals surface area contributed by atoms with Gasteiger partial charge in [0.05, 0.1) is 5.69 Å². The van der Waals surface area contributed by atoms with E-state index in [2.05, 4.69) is 44.5 Å². The highest BCUT2D eigenvalue weighted by Gasteiger charge is 2.28. The van der Waals surface area contributed by atoms with Gasteiger partial charge in [0.15, 0.2) is 0 Å². The number of aryl methyl sites for hydroxylation is 2. The topological polar surface area (TPSA) is 96.1 Å². The molecule has 0 bridgehead atoms. The molecule has 7 aromatic rings. The van der Waals surface area contributed by atoms with E-state index in [9.17, 15) is 9.59 Å². The molecule has 0 aliphatic carbocycles. The van der Waals surface area contributed by atoms with Crippen molar-refractivity contribution < 1.29 is 18.8 Å². The van der Waals surface area contributed by atoms with Crippen molar-refractivity contribution >= 4 is 39.0 Å². The first-order valence-corrected chi connectivity index (χ1v) is 19.4. The van der Waals surface area contributed by atoms with E-state index in [0.29, 0.717) is 53.0 Å². The molecule has 1 N–H and O–H groups in total. The number of aromatic nitrogens is 2. The molecule has 0 unspecified atom stereocenters. The highest BCUT2D eigenvalue weighted by molar-refractivity contribution is 6.20. The van der Waals surface area contributed by atoms with Gasteiger partial charge in [0.25, 0.3) is 11.8 Å². The molecule has 2 heterocycles. The molecule has 2 aromatic heterocycles. The maximum absolute atomic E-state index is 14.3. The number of rotatable bonds is 15. The summed E-state index contributed by atoms with van der Waals surface area (Å²) in [6, 6.07) is 36.1. The number of ether oxygens (including phenoxy) is 1. The van der Waals surface area contributed by atoms with Crippen LogP contribution in [0.15, 0.2) is 120 Å². The number of anilines is 1. The van der Waals surface area contributed by atoms with Crippen LogP contribution in [0, 0.1) is 6.92 Å². The molecule has 0 saturated carbocycles. The zero-order valence-corrected chi connectivity index (χ0v) is 33.6. The molecule has 57 heavy (non-hydrogen) atoms. The van der Waals surface area contributed by atoms with Crippen molar-refractivity contribution in [2.75, 3.05) is 59.7 Å². The number of fused-ring (bicyclic) bond motifs is 2. The van der Waals surface area contributed by atoms with E-state index in [-0.39, 0.29) is 11.8 Å². The highest BCUT2D eigenvalue weighted by Crippen LogP contribution is 2.45. The number of hydrogen-bond acceptors (Lipinski definition) is 7. The lowest BCUT2D eigenvalue weighted by atomic mass is 9.92. The van der Waals surface area contributed by atoms with E-state index in [1.807, 2.05) is 119 Å². The Morgan fingerprint density at radius 3 is 1.84 bits per heavy atom. The van der Waals surface area contributed by atoms with Crippen LogP contribution in [0.25, 0.3) is 43.9 Å². The van der Waals surface area contributed by atoms with Gasteiger partial charge in [-0.05, 0) is 101 Å². The van der Waals surface area contributed by atoms with Gasteiger partial charge in [-0.25, -0.2) is 0 Å². The summed E-state index contributed by atoms with van der Waals surface area (Å²) in [5.41, 5.74) is 4.77. The standard InChI is InChI=1S/C47H50N6O4/c1-32-42(46(54)48-35-30-41(52(6)31-35)47(55)53(28-14-26-50(2)3)29-15-27-51(4)5)44(49-57-32)43-37-18-10-12-20-39(37)45(40-21-13-11-19-38(40)43)56-36-24-22-34(23-25-36)33-16-8-7-9-17-33/h7-13,16-25,30-31H,14-15,26-29H2,1-6H3,(H,48,54). The average molecular weight is 763 g/mol. The Balaban J connectivity index is 1.20. The Morgan fingerprint density at radius 1 is 0.719 bits per heavy atom. The van der Waals surface area contributed by atoms with E-state index >= 15 is 0 Å². The van der Waals surface area contributed by atoms with Crippen LogP contribution in [-0.4, -0.2) is 90.6 Å². The monoisotopic (exact) mass is 762 g/mol. The molecule has 7 rings (SSSR count). The maximum atomic E-state index is 14.3. The van der Waals surface area contributed by atoms with Crippen LogP contribution in [0.3, 0.4) is 0 Å². The zero-order valence-electron chi connectivity index (χ0n) is 33.6. The fourth-order valence-corrected chi connectivity index (χ4v) is 7.40. The van der Waals surface area contributed by atoms with E-state index in [4.69, 9.17) is 9.26 Å². The predicted molar refractivity (Wildman–Crippen MR) is 229 cm³/mol. The number of benzene rings is 5. The van der Waals surface area contributed by atoms with Crippen LogP contribution in [-0.2, 0) is 7.05 Å². The molecule has 10 heteroatoms. The summed E-state index contributed by atoms with van der Waals surface area (Å²) in [4.78, 5) is 34.4. The predicted octanol–water partition coefficient (Wildman–Crippen LogP) is 9.35. The molecule has 0 fully saturated rings. The van der Waals surface area contributed by atoms with Gasteiger partial charge in [0.2, 0.25) is 0 Å². The van der Waals surface area contributed by atoms with Crippen LogP contribution in [0.2, 0.25) is 0 Å². The van der Waals surface area contributed by atoms with Gasteiger partial charge < -0.3 is 33.8 Å². The van der Waals surface area contributed by atoms with Crippen LogP contribution in [0.1, 0.15) is 39.4 Å². The van der Waals surface area contributed by atoms with Crippen molar-refractivity contribution in [3.05, 3.63) is 132 Å². The van der Waals surface area contributed by atoms with Crippen molar-refractivity contribution in [1.82, 2.24) is 24.4 Å². The van der Waals surface area contributed by atoms with Crippen molar-refractivity contribution in [2.24, 2.45) is 7.05 Å². The lowest BCUT2D eigenvalue weighted by Crippen LogP contribution is -2.36. The van der Waals surface area contributed by atoms with Gasteiger partial charge in [-0.15, -0.1) is 0 Å². The smallest absolute Gasteiger partial charge is 0.270 e. The van der Waals surface area contributed by atoms with Crippen molar-refractivity contribution in [3.8, 4) is 33.9 Å². The Labute approximate surface area is 334 Å². The van der Waals surface area contributed by atoms with E-state index in [1.54, 1.807) is 23.8 Å². The normalized spacial score (nSPS) is 11.5. The van der Waals surface area contributed by atoms with Crippen molar-refractivity contribution in [3.63, 3.8) is 0 Å². The molecule has 0 atom stereocenters. The third-order valence-corrected chi connectivity index (χ3v) is 10.2. The van der Waals surface area contributed by atoms with Gasteiger partial charge >= 0.3 is 0 Å². The molecule has 2 amide bonds. The first-order chi connectivity index (χ1) is 27.6. The van der Waals surface area contributed by atoms with Crippen molar-refractivity contribution in [2.45, 2.75) is 19.8 Å². The maximum Gasteiger partial charge on any atom is 0.270 e. The number of amides is 2. The number of nitrogens with one attached hydrogen (secondary N) is 1. The minimum absolute atomic E-state index is 0.0651. The minimum atomic E-state index is -0.380. The third-order valence-electron chi connectivity index (χ3n) is 10.2. The summed E-state index contributed by atoms with van der Waals surface area (Å²) in [7, 11) is 9.98. The number of carbonyl (C=O) groups excluding carboxylic acids is 2. The Kier molecular flexibility index (Phi) is 11.8. The summed E-state index contributed by atoms with van der Waals surface area (Å²) in [6.07, 6.45) is 3.50. The first-order valence-electron chi connectivity index (χ1n) is 19.4. The van der Waals surface area contributed by atoms with Gasteiger partial charge in [-0.3, -0.25) is 9.59 Å². The van der Waals surface area contributed by atoms with E-state index in [1.165, 1.54) is 0 Å². The SMILES string of the molecule is Cc1onc(-c2c3ccccc3c(Oc3ccc(-c4ccccc4)cc3)c3ccccc23)c1C(=O)Nc1cc(C(=O)N(CCCN(C)C)CCCN(C)C)n(C)c1. The van der Waals surface area contributed by atoms with Gasteiger partial charge in [-0.2, -0.15) is 0 Å². The Hall–Kier alpha value is -6.23. The fourth-order valence-electron chi connectivity index (χ4n) is 7.40. The molecule has 0 aliphatic rings. The number of nitrogens with zero attached hydrogens (tertiary/aromatic N) is 5. The highest BCUT2D eigenvalue weighted by atomic mass is 16.5. The molecular formula is C47H50N6O4. The lowest BCUT2D eigenvalue weighted by molar-refractivity contribution is 0.0735. The Morgan fingerprint density at radius 2 is 1.26 bits per heavy atom. The second-order valence-corrected chi connectivity index (χ2v) is 15.0. The largest absolute Gasteiger partial charge is 0.456 e. The zero-order chi connectivity index (χ0) is 40.1. The molecule has 0 aliphatic heterocycles. The van der Waals surface area contributed by atoms with Crippen LogP contribution in [0.4, 0.5) is 5.69 Å². The molecule has 0 radical (unpaired) electrons. The molecular weight excluding hydrogens is 713 g/mol. The first kappa shape index (κ1) is 39.0. The molecule has 0 spiro atoms. The fraction of sp³-hybridized carbons (Fsp3) is 0.255. The lowest BCUT2D eigenvalue weighted by Gasteiger charge is -2.24. The average Bonchev–Trinajstić information content (AvgIpc) is 3.78. The van der Waals surface area contributed by atoms with Gasteiger partial charge in [0, 0.05) is 42.7 Å². The van der Waals surface area contributed by atoms with Crippen molar-refractivity contribution in [1.29, 1.82) is 0 Å². The molecule has 5 aromatic carbocycles. The molecule has 0 saturated heterocycles. The summed E-state index contributed by atoms with van der Waals surface area (Å²) in [6.45, 7) is 4.80. The van der Waals surface area contributed by atoms with Crippen LogP contribution in [0.5, 0.6) is 11.5 Å². The van der Waals surface area contributed by atoms with Gasteiger partial charge in [0.1, 0.15) is 34.2 Å². The van der Waals surface area contributed by atoms with Crippen LogP contribution >= 0.6 is 0 Å².